The van der Waals surface area contributed by atoms with Crippen molar-refractivity contribution in [1.29, 1.82) is 5.41 Å². The molecule has 2 aromatic carbocycles. The van der Waals surface area contributed by atoms with Crippen LogP contribution in [-0.2, 0) is 33.8 Å². The van der Waals surface area contributed by atoms with Gasteiger partial charge in [0, 0.05) is 11.3 Å². The van der Waals surface area contributed by atoms with E-state index in [-0.39, 0.29) is 21.3 Å². The smallest absolute Gasteiger partial charge is 0.481 e. The lowest BCUT2D eigenvalue weighted by Gasteiger charge is -2.16. The summed E-state index contributed by atoms with van der Waals surface area (Å²) in [5.74, 6) is -7.82. The first-order chi connectivity index (χ1) is 20.9. The van der Waals surface area contributed by atoms with E-state index >= 15 is 0 Å². The average molecular weight is 704 g/mol. The molecule has 0 fully saturated rings. The fraction of sp³-hybridized carbons (Fsp3) is 0.222. The Morgan fingerprint density at radius 2 is 1.80 bits per heavy atom. The maximum absolute atomic E-state index is 13.6. The molecule has 0 bridgehead atoms. The summed E-state index contributed by atoms with van der Waals surface area (Å²) in [7, 11) is -4.07. The van der Waals surface area contributed by atoms with Gasteiger partial charge in [0.25, 0.3) is 0 Å². The van der Waals surface area contributed by atoms with Crippen LogP contribution in [0.2, 0.25) is 0 Å². The number of carbonyl (C=O) groups is 4. The maximum atomic E-state index is 13.6. The van der Waals surface area contributed by atoms with Crippen LogP contribution in [0.4, 0.5) is 18.9 Å². The van der Waals surface area contributed by atoms with Gasteiger partial charge in [0.05, 0.1) is 31.1 Å². The Hall–Kier alpha value is -3.87. The van der Waals surface area contributed by atoms with Gasteiger partial charge in [-0.25, -0.2) is 13.2 Å². The third-order valence-electron chi connectivity index (χ3n) is 5.85. The van der Waals surface area contributed by atoms with Crippen LogP contribution < -0.4 is 11.1 Å². The van der Waals surface area contributed by atoms with Crippen LogP contribution in [0.15, 0.2) is 62.5 Å². The molecule has 0 saturated heterocycles. The summed E-state index contributed by atoms with van der Waals surface area (Å²) in [4.78, 5) is 47.3. The topological polar surface area (TPSA) is 194 Å². The highest BCUT2D eigenvalue weighted by Gasteiger charge is 2.43. The van der Waals surface area contributed by atoms with Gasteiger partial charge in [-0.05, 0) is 48.6 Å². The summed E-state index contributed by atoms with van der Waals surface area (Å²) in [5.41, 5.74) is 7.26. The van der Waals surface area contributed by atoms with E-state index in [0.717, 1.165) is 11.3 Å². The summed E-state index contributed by atoms with van der Waals surface area (Å²) in [5, 5.41) is 17.5. The Morgan fingerprint density at radius 1 is 1.13 bits per heavy atom. The van der Waals surface area contributed by atoms with Gasteiger partial charge in [0.2, 0.25) is 15.7 Å². The van der Waals surface area contributed by atoms with Crippen molar-refractivity contribution in [2.45, 2.75) is 38.8 Å². The number of amides is 1. The van der Waals surface area contributed by atoms with Gasteiger partial charge in [-0.3, -0.25) is 19.8 Å². The predicted octanol–water partition coefficient (Wildman–Crippen LogP) is 4.71. The number of alkyl halides is 3. The summed E-state index contributed by atoms with van der Waals surface area (Å²) < 4.78 is 68.9. The van der Waals surface area contributed by atoms with E-state index in [4.69, 9.17) is 16.2 Å². The van der Waals surface area contributed by atoms with Gasteiger partial charge in [0.15, 0.2) is 0 Å². The molecule has 5 N–H and O–H groups in total. The molecule has 1 aromatic heterocycles. The monoisotopic (exact) mass is 703 g/mol. The molecular formula is C27H24F3N3O8S4. The van der Waals surface area contributed by atoms with Crippen LogP contribution in [0.1, 0.15) is 16.9 Å². The highest BCUT2D eigenvalue weighted by atomic mass is 32.2. The van der Waals surface area contributed by atoms with Crippen molar-refractivity contribution < 1.29 is 50.6 Å². The molecular weight excluding hydrogens is 680 g/mol. The van der Waals surface area contributed by atoms with Gasteiger partial charge < -0.3 is 20.9 Å². The third kappa shape index (κ3) is 8.86. The number of hydrogen-bond donors (Lipinski definition) is 4. The average Bonchev–Trinajstić information content (AvgIpc) is 3.41. The van der Waals surface area contributed by atoms with Crippen molar-refractivity contribution in [1.82, 2.24) is 0 Å². The number of nitrogens with two attached hydrogens (primary N) is 1. The lowest BCUT2D eigenvalue weighted by molar-refractivity contribution is -0.201. The number of thiophene rings is 1. The van der Waals surface area contributed by atoms with Gasteiger partial charge in [-0.1, -0.05) is 24.3 Å². The van der Waals surface area contributed by atoms with Gasteiger partial charge in [-0.2, -0.15) is 13.2 Å². The van der Waals surface area contributed by atoms with E-state index in [9.17, 15) is 40.8 Å². The zero-order chi connectivity index (χ0) is 33.7. The number of sulfone groups is 1. The Balaban J connectivity index is 1.88. The zero-order valence-corrected chi connectivity index (χ0v) is 26.5. The number of benzene rings is 2. The maximum Gasteiger partial charge on any atom is 0.491 e. The number of amidine groups is 1. The van der Waals surface area contributed by atoms with E-state index in [0.29, 0.717) is 37.5 Å². The summed E-state index contributed by atoms with van der Waals surface area (Å²) in [6.45, 7) is 1.71. The SMILES string of the molecule is CSc1sc(C(=N)N)cc1S(=O)(=O)c1cccc(-c2c(C)cccc2NC(=O)CSC(CC(=O)O)C(=O)OC(=O)C(F)(F)F)c1. The molecule has 45 heavy (non-hydrogen) atoms. The number of carbonyl (C=O) groups excluding carboxylic acids is 3. The van der Waals surface area contributed by atoms with Gasteiger partial charge in [0.1, 0.15) is 11.1 Å². The summed E-state index contributed by atoms with van der Waals surface area (Å²) in [6, 6.07) is 12.1. The second kappa shape index (κ2) is 14.5. The number of rotatable bonds is 12. The molecule has 1 atom stereocenters. The number of halogens is 3. The van der Waals surface area contributed by atoms with Gasteiger partial charge >= 0.3 is 24.1 Å². The van der Waals surface area contributed by atoms with Crippen LogP contribution >= 0.6 is 34.9 Å². The van der Waals surface area contributed by atoms with Crippen molar-refractivity contribution in [2.75, 3.05) is 17.3 Å². The number of aryl methyl sites for hydroxylation is 1. The third-order valence-corrected chi connectivity index (χ3v) is 11.4. The van der Waals surface area contributed by atoms with Crippen molar-refractivity contribution in [2.24, 2.45) is 5.73 Å². The van der Waals surface area contributed by atoms with E-state index in [1.165, 1.54) is 42.1 Å². The molecule has 0 aliphatic carbocycles. The van der Waals surface area contributed by atoms with Gasteiger partial charge in [-0.15, -0.1) is 34.9 Å². The highest BCUT2D eigenvalue weighted by molar-refractivity contribution is 8.01. The van der Waals surface area contributed by atoms with Crippen LogP contribution in [0, 0.1) is 12.3 Å². The van der Waals surface area contributed by atoms with Crippen molar-refractivity contribution >= 4 is 80.0 Å². The molecule has 240 valence electrons. The number of ether oxygens (including phenoxy) is 1. The molecule has 1 heterocycles. The Labute approximate surface area is 267 Å². The molecule has 0 aliphatic heterocycles. The van der Waals surface area contributed by atoms with E-state index in [1.54, 1.807) is 31.4 Å². The van der Waals surface area contributed by atoms with E-state index in [1.807, 2.05) is 0 Å². The first-order valence-electron chi connectivity index (χ1n) is 12.4. The van der Waals surface area contributed by atoms with Crippen LogP contribution in [-0.4, -0.2) is 66.6 Å². The fourth-order valence-electron chi connectivity index (χ4n) is 3.87. The first kappa shape index (κ1) is 35.6. The molecule has 11 nitrogen and oxygen atoms in total. The molecule has 18 heteroatoms. The molecule has 3 rings (SSSR count). The molecule has 0 spiro atoms. The number of carboxylic acid groups (broad SMARTS) is 1. The number of anilines is 1. The summed E-state index contributed by atoms with van der Waals surface area (Å²) >= 11 is 2.63. The standard InChI is InChI=1S/C27H24F3N3O8S4/c1-13-5-3-8-16(33-20(34)12-43-18(11-21(35)36)24(37)41-26(38)27(28,29)30)22(13)14-6-4-7-15(9-14)45(39,40)19-10-17(23(31)32)44-25(19)42-2/h3-10,18H,11-12H2,1-2H3,(H3,31,32)(H,33,34)(H,35,36). The molecule has 3 aromatic rings. The van der Waals surface area contributed by atoms with Crippen LogP contribution in [0.25, 0.3) is 11.1 Å². The first-order valence-corrected chi connectivity index (χ1v) is 17.0. The molecule has 0 aliphatic rings. The Morgan fingerprint density at radius 3 is 2.40 bits per heavy atom. The van der Waals surface area contributed by atoms with Crippen molar-refractivity contribution in [3.63, 3.8) is 0 Å². The number of nitrogen functional groups attached to an aromatic ring is 1. The van der Waals surface area contributed by atoms with Crippen LogP contribution in [0.5, 0.6) is 0 Å². The number of nitrogens with one attached hydrogen (secondary N) is 2. The quantitative estimate of drug-likeness (QED) is 0.0671. The van der Waals surface area contributed by atoms with Crippen molar-refractivity contribution in [3.05, 3.63) is 59.0 Å². The number of aliphatic carboxylic acids is 1. The lowest BCUT2D eigenvalue weighted by Crippen LogP contribution is -2.33. The predicted molar refractivity (Wildman–Crippen MR) is 163 cm³/mol. The lowest BCUT2D eigenvalue weighted by atomic mass is 9.98. The molecule has 1 amide bonds. The van der Waals surface area contributed by atoms with Crippen molar-refractivity contribution in [3.8, 4) is 11.1 Å². The minimum Gasteiger partial charge on any atom is -0.481 e. The zero-order valence-electron chi connectivity index (χ0n) is 23.3. The van der Waals surface area contributed by atoms with E-state index < -0.39 is 57.3 Å². The minimum atomic E-state index is -5.48. The Kier molecular flexibility index (Phi) is 11.5. The molecule has 0 saturated carbocycles. The fourth-order valence-corrected chi connectivity index (χ4v) is 8.64. The number of carboxylic acids is 1. The highest BCUT2D eigenvalue weighted by Crippen LogP contribution is 2.39. The number of thioether (sulfide) groups is 2. The Bertz CT molecular complexity index is 1770. The number of esters is 2. The van der Waals surface area contributed by atoms with Crippen LogP contribution in [0.3, 0.4) is 0 Å². The number of hydrogen-bond acceptors (Lipinski definition) is 11. The molecule has 1 unspecified atom stereocenters. The normalized spacial score (nSPS) is 12.3. The minimum absolute atomic E-state index is 0.0101. The second-order valence-electron chi connectivity index (χ2n) is 9.06. The molecule has 0 radical (unpaired) electrons. The largest absolute Gasteiger partial charge is 0.491 e. The summed E-state index contributed by atoms with van der Waals surface area (Å²) in [6.07, 6.45) is -4.81. The van der Waals surface area contributed by atoms with E-state index in [2.05, 4.69) is 10.1 Å². The second-order valence-corrected chi connectivity index (χ2v) is 14.3.